The number of sulfone groups is 1. The predicted octanol–water partition coefficient (Wildman–Crippen LogP) is 4.68. The fourth-order valence-electron chi connectivity index (χ4n) is 3.32. The number of unbranched alkanes of at least 4 members (excludes halogenated alkanes) is 3. The number of amides is 1. The Hall–Kier alpha value is -1.37. The minimum absolute atomic E-state index is 0.0280. The van der Waals surface area contributed by atoms with Crippen molar-refractivity contribution < 1.29 is 13.2 Å². The summed E-state index contributed by atoms with van der Waals surface area (Å²) in [5, 5.41) is 1.99. The van der Waals surface area contributed by atoms with Gasteiger partial charge >= 0.3 is 0 Å². The molecule has 4 nitrogen and oxygen atoms in total. The maximum Gasteiger partial charge on any atom is 0.226 e. The Morgan fingerprint density at radius 1 is 1.07 bits per heavy atom. The van der Waals surface area contributed by atoms with E-state index in [9.17, 15) is 13.2 Å². The lowest BCUT2D eigenvalue weighted by Crippen LogP contribution is -2.56. The molecule has 1 amide bonds. The number of aryl methyl sites for hydroxylation is 1. The Labute approximate surface area is 170 Å². The first-order chi connectivity index (χ1) is 13.0. The molecule has 3 rings (SSSR count). The topological polar surface area (TPSA) is 54.5 Å². The average Bonchev–Trinajstić information content (AvgIpc) is 3.12. The number of hydrogen-bond acceptors (Lipinski definition) is 4. The van der Waals surface area contributed by atoms with Crippen molar-refractivity contribution in [2.24, 2.45) is 0 Å². The van der Waals surface area contributed by atoms with Crippen molar-refractivity contribution in [2.45, 2.75) is 49.7 Å². The summed E-state index contributed by atoms with van der Waals surface area (Å²) in [6.07, 6.45) is 5.13. The summed E-state index contributed by atoms with van der Waals surface area (Å²) < 4.78 is 25.1. The summed E-state index contributed by atoms with van der Waals surface area (Å²) in [4.78, 5) is 14.2. The van der Waals surface area contributed by atoms with E-state index in [1.165, 1.54) is 16.9 Å². The second-order valence-electron chi connectivity index (χ2n) is 6.92. The third-order valence-electron chi connectivity index (χ3n) is 4.88. The molecule has 1 fully saturated rings. The number of nitrogens with zero attached hydrogens (tertiary/aromatic N) is 1. The zero-order valence-corrected chi connectivity index (χ0v) is 17.5. The van der Waals surface area contributed by atoms with E-state index in [0.29, 0.717) is 6.54 Å². The van der Waals surface area contributed by atoms with Gasteiger partial charge in [0.25, 0.3) is 0 Å². The highest BCUT2D eigenvalue weighted by molar-refractivity contribution is 7.91. The Morgan fingerprint density at radius 2 is 1.81 bits per heavy atom. The van der Waals surface area contributed by atoms with Crippen molar-refractivity contribution in [1.29, 1.82) is 0 Å². The van der Waals surface area contributed by atoms with E-state index in [0.717, 1.165) is 42.0 Å². The van der Waals surface area contributed by atoms with E-state index < -0.39 is 15.2 Å². The minimum atomic E-state index is -3.31. The second-order valence-corrected chi connectivity index (χ2v) is 10.6. The lowest BCUT2D eigenvalue weighted by Gasteiger charge is -2.39. The number of halogens is 1. The Bertz CT molecular complexity index is 848. The number of β-lactam (4-membered cyclic amide) rings is 1. The van der Waals surface area contributed by atoms with Crippen molar-refractivity contribution >= 4 is 38.7 Å². The Balaban J connectivity index is 1.38. The van der Waals surface area contributed by atoms with Gasteiger partial charge in [-0.05, 0) is 48.4 Å². The fraction of sp³-hybridized carbons (Fsp3) is 0.450. The van der Waals surface area contributed by atoms with Crippen molar-refractivity contribution in [3.8, 4) is 0 Å². The molecular formula is C20H24ClNO3S2. The minimum Gasteiger partial charge on any atom is -0.325 e. The van der Waals surface area contributed by atoms with Gasteiger partial charge in [0.2, 0.25) is 5.91 Å². The molecular weight excluding hydrogens is 402 g/mol. The van der Waals surface area contributed by atoms with E-state index in [-0.39, 0.29) is 18.1 Å². The zero-order chi connectivity index (χ0) is 19.3. The van der Waals surface area contributed by atoms with Crippen molar-refractivity contribution in [3.63, 3.8) is 0 Å². The van der Waals surface area contributed by atoms with Gasteiger partial charge in [0, 0.05) is 16.4 Å². The van der Waals surface area contributed by atoms with Crippen molar-refractivity contribution in [1.82, 2.24) is 4.90 Å². The van der Waals surface area contributed by atoms with Gasteiger partial charge in [-0.15, -0.1) is 11.3 Å². The standard InChI is InChI=1S/C20H24ClNO3S2/c21-17-10-8-16(9-11-17)6-3-1-2-4-12-22-19(23)14-20(22)27(24,25)15-18-7-5-13-26-18/h5,7-11,13,20H,1-4,6,12,14-15H2. The maximum absolute atomic E-state index is 12.6. The molecule has 0 bridgehead atoms. The van der Waals surface area contributed by atoms with Gasteiger partial charge < -0.3 is 4.90 Å². The summed E-state index contributed by atoms with van der Waals surface area (Å²) in [7, 11) is -3.31. The first kappa shape index (κ1) is 20.4. The van der Waals surface area contributed by atoms with E-state index in [2.05, 4.69) is 0 Å². The van der Waals surface area contributed by atoms with Gasteiger partial charge in [0.05, 0.1) is 12.2 Å². The number of hydrogen-bond donors (Lipinski definition) is 0. The smallest absolute Gasteiger partial charge is 0.226 e. The highest BCUT2D eigenvalue weighted by atomic mass is 35.5. The molecule has 2 aromatic rings. The number of rotatable bonds is 10. The van der Waals surface area contributed by atoms with Crippen LogP contribution < -0.4 is 0 Å². The molecule has 1 aliphatic rings. The van der Waals surface area contributed by atoms with Gasteiger partial charge in [0.1, 0.15) is 5.37 Å². The normalized spacial score (nSPS) is 17.1. The van der Waals surface area contributed by atoms with E-state index in [1.807, 2.05) is 41.8 Å². The molecule has 27 heavy (non-hydrogen) atoms. The molecule has 1 aromatic heterocycles. The van der Waals surface area contributed by atoms with Crippen molar-refractivity contribution in [2.75, 3.05) is 6.54 Å². The van der Waals surface area contributed by atoms with Gasteiger partial charge in [-0.3, -0.25) is 4.79 Å². The highest BCUT2D eigenvalue weighted by Gasteiger charge is 2.44. The largest absolute Gasteiger partial charge is 0.325 e. The quantitative estimate of drug-likeness (QED) is 0.410. The average molecular weight is 426 g/mol. The maximum atomic E-state index is 12.6. The Kier molecular flexibility index (Phi) is 6.95. The molecule has 0 saturated carbocycles. The number of carbonyl (C=O) groups is 1. The predicted molar refractivity (Wildman–Crippen MR) is 111 cm³/mol. The molecule has 1 unspecified atom stereocenters. The summed E-state index contributed by atoms with van der Waals surface area (Å²) in [5.41, 5.74) is 1.28. The summed E-state index contributed by atoms with van der Waals surface area (Å²) in [5.74, 6) is -0.0175. The molecule has 1 saturated heterocycles. The molecule has 0 N–H and O–H groups in total. The fourth-order valence-corrected chi connectivity index (χ4v) is 6.39. The van der Waals surface area contributed by atoms with Crippen LogP contribution >= 0.6 is 22.9 Å². The van der Waals surface area contributed by atoms with Gasteiger partial charge in [0.15, 0.2) is 9.84 Å². The van der Waals surface area contributed by atoms with E-state index in [4.69, 9.17) is 11.6 Å². The Morgan fingerprint density at radius 3 is 2.48 bits per heavy atom. The number of likely N-dealkylation sites (tertiary alicyclic amines) is 1. The molecule has 146 valence electrons. The molecule has 0 radical (unpaired) electrons. The van der Waals surface area contributed by atoms with Gasteiger partial charge in [-0.1, -0.05) is 42.6 Å². The van der Waals surface area contributed by atoms with Crippen molar-refractivity contribution in [3.05, 3.63) is 57.2 Å². The van der Waals surface area contributed by atoms with Crippen LogP contribution in [0.15, 0.2) is 41.8 Å². The zero-order valence-electron chi connectivity index (χ0n) is 15.1. The van der Waals surface area contributed by atoms with E-state index >= 15 is 0 Å². The lowest BCUT2D eigenvalue weighted by molar-refractivity contribution is -0.141. The van der Waals surface area contributed by atoms with Gasteiger partial charge in [-0.2, -0.15) is 0 Å². The summed E-state index contributed by atoms with van der Waals surface area (Å²) in [6.45, 7) is 0.536. The van der Waals surface area contributed by atoms with Crippen LogP contribution in [0.2, 0.25) is 5.02 Å². The van der Waals surface area contributed by atoms with Crippen LogP contribution in [0.3, 0.4) is 0 Å². The summed E-state index contributed by atoms with van der Waals surface area (Å²) in [6, 6.07) is 11.6. The van der Waals surface area contributed by atoms with Gasteiger partial charge in [-0.25, -0.2) is 8.42 Å². The van der Waals surface area contributed by atoms with Crippen LogP contribution in [-0.2, 0) is 26.8 Å². The van der Waals surface area contributed by atoms with Crippen LogP contribution in [-0.4, -0.2) is 31.1 Å². The van der Waals surface area contributed by atoms with Crippen LogP contribution in [0.1, 0.15) is 42.5 Å². The number of carbonyl (C=O) groups excluding carboxylic acids is 1. The number of benzene rings is 1. The van der Waals surface area contributed by atoms with Crippen LogP contribution in [0.5, 0.6) is 0 Å². The lowest BCUT2D eigenvalue weighted by atomic mass is 10.1. The highest BCUT2D eigenvalue weighted by Crippen LogP contribution is 2.28. The summed E-state index contributed by atoms with van der Waals surface area (Å²) >= 11 is 7.32. The SMILES string of the molecule is O=C1CC(S(=O)(=O)Cc2cccs2)N1CCCCCCc1ccc(Cl)cc1. The van der Waals surface area contributed by atoms with Crippen LogP contribution in [0, 0.1) is 0 Å². The van der Waals surface area contributed by atoms with Crippen LogP contribution in [0.25, 0.3) is 0 Å². The third kappa shape index (κ3) is 5.56. The molecule has 1 aromatic carbocycles. The van der Waals surface area contributed by atoms with Crippen LogP contribution in [0.4, 0.5) is 0 Å². The molecule has 1 atom stereocenters. The third-order valence-corrected chi connectivity index (χ3v) is 8.16. The molecule has 1 aliphatic heterocycles. The number of thiophene rings is 1. The molecule has 2 heterocycles. The molecule has 0 aliphatic carbocycles. The monoisotopic (exact) mass is 425 g/mol. The van der Waals surface area contributed by atoms with E-state index in [1.54, 1.807) is 4.90 Å². The first-order valence-electron chi connectivity index (χ1n) is 9.23. The first-order valence-corrected chi connectivity index (χ1v) is 12.2. The second kappa shape index (κ2) is 9.22. The molecule has 7 heteroatoms. The molecule has 0 spiro atoms.